The van der Waals surface area contributed by atoms with Crippen molar-refractivity contribution in [1.29, 1.82) is 0 Å². The van der Waals surface area contributed by atoms with E-state index in [2.05, 4.69) is 4.98 Å². The van der Waals surface area contributed by atoms with Crippen LogP contribution in [0.2, 0.25) is 0 Å². The lowest BCUT2D eigenvalue weighted by molar-refractivity contribution is 0.0442. The number of aromatic nitrogens is 1. The maximum absolute atomic E-state index is 11.9. The average molecular weight is 367 g/mol. The highest BCUT2D eigenvalue weighted by molar-refractivity contribution is 5.94. The van der Waals surface area contributed by atoms with Gasteiger partial charge < -0.3 is 19.6 Å². The summed E-state index contributed by atoms with van der Waals surface area (Å²) in [6.07, 6.45) is 1.24. The molecule has 0 aliphatic carbocycles. The first kappa shape index (κ1) is 17.3. The lowest BCUT2D eigenvalue weighted by Crippen LogP contribution is -2.51. The fourth-order valence-electron chi connectivity index (χ4n) is 3.91. The summed E-state index contributed by atoms with van der Waals surface area (Å²) in [5.41, 5.74) is 1.19. The van der Waals surface area contributed by atoms with Crippen LogP contribution in [0.3, 0.4) is 0 Å². The fourth-order valence-corrected chi connectivity index (χ4v) is 3.91. The number of likely N-dealkylation sites (N-methyl/N-ethyl adjacent to an activating group) is 1. The Morgan fingerprint density at radius 1 is 1.19 bits per heavy atom. The van der Waals surface area contributed by atoms with E-state index in [4.69, 9.17) is 4.74 Å². The summed E-state index contributed by atoms with van der Waals surface area (Å²) in [6, 6.07) is 13.0. The highest BCUT2D eigenvalue weighted by atomic mass is 16.6. The van der Waals surface area contributed by atoms with Gasteiger partial charge in [-0.1, -0.05) is 30.3 Å². The summed E-state index contributed by atoms with van der Waals surface area (Å²) in [4.78, 5) is 31.8. The monoisotopic (exact) mass is 367 g/mol. The van der Waals surface area contributed by atoms with E-state index in [9.17, 15) is 14.7 Å². The number of anilines is 1. The van der Waals surface area contributed by atoms with Gasteiger partial charge in [-0.15, -0.1) is 0 Å². The Bertz CT molecular complexity index is 886. The maximum Gasteiger partial charge on any atom is 0.410 e. The maximum atomic E-state index is 11.9. The van der Waals surface area contributed by atoms with E-state index in [0.29, 0.717) is 25.5 Å². The van der Waals surface area contributed by atoms with Crippen LogP contribution in [-0.2, 0) is 4.74 Å². The number of aromatic carboxylic acids is 1. The molecule has 27 heavy (non-hydrogen) atoms. The van der Waals surface area contributed by atoms with Crippen molar-refractivity contribution in [2.24, 2.45) is 0 Å². The van der Waals surface area contributed by atoms with Gasteiger partial charge in [0.05, 0.1) is 18.8 Å². The molecule has 2 saturated heterocycles. The quantitative estimate of drug-likeness (QED) is 0.898. The van der Waals surface area contributed by atoms with Crippen LogP contribution in [0, 0.1) is 0 Å². The molecule has 0 bridgehead atoms. The van der Waals surface area contributed by atoms with Gasteiger partial charge in [0.1, 0.15) is 17.0 Å². The number of carboxylic acids is 1. The van der Waals surface area contributed by atoms with Crippen LogP contribution in [0.4, 0.5) is 10.6 Å². The van der Waals surface area contributed by atoms with Gasteiger partial charge in [-0.25, -0.2) is 14.6 Å². The molecular weight excluding hydrogens is 346 g/mol. The molecule has 1 amide bonds. The predicted octanol–water partition coefficient (Wildman–Crippen LogP) is 2.87. The van der Waals surface area contributed by atoms with E-state index in [1.807, 2.05) is 35.2 Å². The normalized spacial score (nSPS) is 22.2. The van der Waals surface area contributed by atoms with Gasteiger partial charge in [0.25, 0.3) is 0 Å². The molecule has 2 aromatic rings. The third kappa shape index (κ3) is 3.20. The Kier molecular flexibility index (Phi) is 4.22. The van der Waals surface area contributed by atoms with E-state index in [1.165, 1.54) is 0 Å². The van der Waals surface area contributed by atoms with Crippen molar-refractivity contribution in [3.05, 3.63) is 48.0 Å². The molecule has 4 rings (SSSR count). The van der Waals surface area contributed by atoms with Gasteiger partial charge in [0.2, 0.25) is 0 Å². The molecule has 1 spiro atoms. The van der Waals surface area contributed by atoms with Gasteiger partial charge in [-0.05, 0) is 25.0 Å². The molecule has 2 fully saturated rings. The number of rotatable bonds is 3. The molecule has 0 radical (unpaired) electrons. The van der Waals surface area contributed by atoms with Crippen LogP contribution >= 0.6 is 0 Å². The van der Waals surface area contributed by atoms with E-state index in [1.54, 1.807) is 24.1 Å². The van der Waals surface area contributed by atoms with Crippen LogP contribution in [0.5, 0.6) is 0 Å². The number of hydrogen-bond acceptors (Lipinski definition) is 5. The van der Waals surface area contributed by atoms with Crippen molar-refractivity contribution in [2.75, 3.05) is 31.6 Å². The van der Waals surface area contributed by atoms with E-state index in [0.717, 1.165) is 24.1 Å². The SMILES string of the molecule is CN1C[C@]2(CCCN(c3nc(-c4ccccc4)ccc3C(=O)O)C2)OC1=O. The number of nitrogens with zero attached hydrogens (tertiary/aromatic N) is 3. The summed E-state index contributed by atoms with van der Waals surface area (Å²) in [6.45, 7) is 1.62. The van der Waals surface area contributed by atoms with Crippen molar-refractivity contribution in [3.8, 4) is 11.3 Å². The molecule has 1 N–H and O–H groups in total. The van der Waals surface area contributed by atoms with E-state index >= 15 is 0 Å². The molecular formula is C20H21N3O4. The number of carbonyl (C=O) groups is 2. The fraction of sp³-hybridized carbons (Fsp3) is 0.350. The number of benzene rings is 1. The first-order valence-corrected chi connectivity index (χ1v) is 8.96. The predicted molar refractivity (Wildman–Crippen MR) is 99.9 cm³/mol. The minimum atomic E-state index is -1.02. The number of piperidine rings is 1. The van der Waals surface area contributed by atoms with Crippen LogP contribution < -0.4 is 4.90 Å². The van der Waals surface area contributed by atoms with Gasteiger partial charge >= 0.3 is 12.1 Å². The van der Waals surface area contributed by atoms with Gasteiger partial charge in [-0.3, -0.25) is 0 Å². The zero-order valence-corrected chi connectivity index (χ0v) is 15.1. The Morgan fingerprint density at radius 3 is 2.63 bits per heavy atom. The molecule has 7 heteroatoms. The first-order valence-electron chi connectivity index (χ1n) is 8.96. The third-order valence-electron chi connectivity index (χ3n) is 5.15. The van der Waals surface area contributed by atoms with Crippen LogP contribution in [0.1, 0.15) is 23.2 Å². The summed E-state index contributed by atoms with van der Waals surface area (Å²) in [7, 11) is 1.72. The molecule has 1 aromatic carbocycles. The summed E-state index contributed by atoms with van der Waals surface area (Å²) < 4.78 is 5.64. The second-order valence-electron chi connectivity index (χ2n) is 7.17. The van der Waals surface area contributed by atoms with Gasteiger partial charge in [0.15, 0.2) is 0 Å². The Balaban J connectivity index is 1.71. The smallest absolute Gasteiger partial charge is 0.410 e. The van der Waals surface area contributed by atoms with Gasteiger partial charge in [-0.2, -0.15) is 0 Å². The lowest BCUT2D eigenvalue weighted by Gasteiger charge is -2.39. The van der Waals surface area contributed by atoms with Crippen molar-refractivity contribution >= 4 is 17.9 Å². The highest BCUT2D eigenvalue weighted by Crippen LogP contribution is 2.35. The third-order valence-corrected chi connectivity index (χ3v) is 5.15. The summed E-state index contributed by atoms with van der Waals surface area (Å²) in [5, 5.41) is 9.64. The standard InChI is InChI=1S/C20H21N3O4/c1-22-12-20(27-19(22)26)10-5-11-23(13-20)17-15(18(24)25)8-9-16(21-17)14-6-3-2-4-7-14/h2-4,6-9H,5,10-13H2,1H3,(H,24,25)/t20-/m0/s1. The minimum Gasteiger partial charge on any atom is -0.478 e. The molecule has 2 aliphatic rings. The zero-order valence-electron chi connectivity index (χ0n) is 15.1. The van der Waals surface area contributed by atoms with Crippen molar-refractivity contribution in [2.45, 2.75) is 18.4 Å². The van der Waals surface area contributed by atoms with Crippen LogP contribution in [-0.4, -0.2) is 59.3 Å². The molecule has 0 saturated carbocycles. The molecule has 3 heterocycles. The summed E-state index contributed by atoms with van der Waals surface area (Å²) in [5.74, 6) is -0.592. The second kappa shape index (κ2) is 6.57. The molecule has 1 aromatic heterocycles. The summed E-state index contributed by atoms with van der Waals surface area (Å²) >= 11 is 0. The Hall–Kier alpha value is -3.09. The highest BCUT2D eigenvalue weighted by Gasteiger charge is 2.47. The van der Waals surface area contributed by atoms with Crippen LogP contribution in [0.15, 0.2) is 42.5 Å². The number of carbonyl (C=O) groups excluding carboxylic acids is 1. The topological polar surface area (TPSA) is 83.0 Å². The molecule has 0 unspecified atom stereocenters. The largest absolute Gasteiger partial charge is 0.478 e. The van der Waals surface area contributed by atoms with Crippen molar-refractivity contribution in [1.82, 2.24) is 9.88 Å². The molecule has 2 aliphatic heterocycles. The second-order valence-corrected chi connectivity index (χ2v) is 7.17. The lowest BCUT2D eigenvalue weighted by atomic mass is 9.92. The van der Waals surface area contributed by atoms with Crippen molar-refractivity contribution in [3.63, 3.8) is 0 Å². The van der Waals surface area contributed by atoms with E-state index in [-0.39, 0.29) is 11.7 Å². The molecule has 1 atom stereocenters. The minimum absolute atomic E-state index is 0.157. The first-order chi connectivity index (χ1) is 13.0. The van der Waals surface area contributed by atoms with E-state index < -0.39 is 11.6 Å². The van der Waals surface area contributed by atoms with Crippen molar-refractivity contribution < 1.29 is 19.4 Å². The number of carboxylic acid groups (broad SMARTS) is 1. The Morgan fingerprint density at radius 2 is 1.96 bits per heavy atom. The number of ether oxygens (including phenoxy) is 1. The number of hydrogen-bond donors (Lipinski definition) is 1. The molecule has 7 nitrogen and oxygen atoms in total. The number of amides is 1. The number of pyridine rings is 1. The van der Waals surface area contributed by atoms with Crippen LogP contribution in [0.25, 0.3) is 11.3 Å². The average Bonchev–Trinajstić information content (AvgIpc) is 2.94. The Labute approximate surface area is 157 Å². The zero-order chi connectivity index (χ0) is 19.0. The van der Waals surface area contributed by atoms with Gasteiger partial charge in [0, 0.05) is 19.2 Å². The molecule has 140 valence electrons.